The standard InChI is InChI=1S/C15H25N/c1-5-8-12(2)11-16-14(4)15-10-7-6-9-13(15)3/h6-7,9-10,12,14,16H,5,8,11H2,1-4H3/t12?,14-/m1/s1. The molecule has 0 radical (unpaired) electrons. The number of hydrogen-bond acceptors (Lipinski definition) is 1. The predicted octanol–water partition coefficient (Wildman–Crippen LogP) is 4.08. The van der Waals surface area contributed by atoms with Gasteiger partial charge in [0.15, 0.2) is 0 Å². The smallest absolute Gasteiger partial charge is 0.0294 e. The average Bonchev–Trinajstić information content (AvgIpc) is 2.27. The largest absolute Gasteiger partial charge is 0.310 e. The summed E-state index contributed by atoms with van der Waals surface area (Å²) >= 11 is 0. The molecule has 0 saturated heterocycles. The SMILES string of the molecule is CCCC(C)CN[C@H](C)c1ccccc1C. The highest BCUT2D eigenvalue weighted by atomic mass is 14.9. The van der Waals surface area contributed by atoms with Crippen LogP contribution in [0.2, 0.25) is 0 Å². The Kier molecular flexibility index (Phi) is 5.54. The first kappa shape index (κ1) is 13.2. The topological polar surface area (TPSA) is 12.0 Å². The van der Waals surface area contributed by atoms with Crippen LogP contribution in [-0.4, -0.2) is 6.54 Å². The number of benzene rings is 1. The highest BCUT2D eigenvalue weighted by Gasteiger charge is 2.08. The molecule has 0 heterocycles. The van der Waals surface area contributed by atoms with E-state index in [-0.39, 0.29) is 0 Å². The van der Waals surface area contributed by atoms with Crippen LogP contribution in [0.4, 0.5) is 0 Å². The lowest BCUT2D eigenvalue weighted by Gasteiger charge is -2.19. The summed E-state index contributed by atoms with van der Waals surface area (Å²) in [6, 6.07) is 9.09. The van der Waals surface area contributed by atoms with Crippen LogP contribution in [0.5, 0.6) is 0 Å². The quantitative estimate of drug-likeness (QED) is 0.760. The van der Waals surface area contributed by atoms with Gasteiger partial charge in [0.25, 0.3) is 0 Å². The molecule has 0 bridgehead atoms. The minimum atomic E-state index is 0.459. The molecule has 0 aliphatic heterocycles. The molecule has 1 rings (SSSR count). The summed E-state index contributed by atoms with van der Waals surface area (Å²) < 4.78 is 0. The average molecular weight is 219 g/mol. The molecule has 0 spiro atoms. The molecule has 0 aliphatic carbocycles. The van der Waals surface area contributed by atoms with Crippen molar-refractivity contribution in [2.75, 3.05) is 6.54 Å². The maximum Gasteiger partial charge on any atom is 0.0294 e. The fourth-order valence-corrected chi connectivity index (χ4v) is 2.16. The lowest BCUT2D eigenvalue weighted by atomic mass is 10.0. The van der Waals surface area contributed by atoms with Crippen molar-refractivity contribution in [3.8, 4) is 0 Å². The van der Waals surface area contributed by atoms with E-state index in [2.05, 4.69) is 57.3 Å². The van der Waals surface area contributed by atoms with Crippen molar-refractivity contribution in [3.05, 3.63) is 35.4 Å². The first-order valence-corrected chi connectivity index (χ1v) is 6.44. The minimum Gasteiger partial charge on any atom is -0.310 e. The van der Waals surface area contributed by atoms with E-state index in [0.29, 0.717) is 6.04 Å². The van der Waals surface area contributed by atoms with Gasteiger partial charge in [-0.3, -0.25) is 0 Å². The molecule has 1 N–H and O–H groups in total. The Morgan fingerprint density at radius 1 is 1.19 bits per heavy atom. The molecule has 1 unspecified atom stereocenters. The summed E-state index contributed by atoms with van der Waals surface area (Å²) in [5, 5.41) is 3.62. The van der Waals surface area contributed by atoms with E-state index in [0.717, 1.165) is 12.5 Å². The second-order valence-corrected chi connectivity index (χ2v) is 4.88. The van der Waals surface area contributed by atoms with Gasteiger partial charge in [0.1, 0.15) is 0 Å². The van der Waals surface area contributed by atoms with Crippen LogP contribution in [0.3, 0.4) is 0 Å². The Bertz CT molecular complexity index is 306. The molecule has 0 saturated carbocycles. The first-order chi connectivity index (χ1) is 7.65. The van der Waals surface area contributed by atoms with E-state index in [9.17, 15) is 0 Å². The van der Waals surface area contributed by atoms with E-state index in [1.807, 2.05) is 0 Å². The lowest BCUT2D eigenvalue weighted by Crippen LogP contribution is -2.24. The molecule has 1 aromatic rings. The van der Waals surface area contributed by atoms with Gasteiger partial charge in [0.2, 0.25) is 0 Å². The van der Waals surface area contributed by atoms with Crippen LogP contribution in [0.15, 0.2) is 24.3 Å². The number of nitrogens with one attached hydrogen (secondary N) is 1. The maximum atomic E-state index is 3.62. The van der Waals surface area contributed by atoms with Gasteiger partial charge in [-0.25, -0.2) is 0 Å². The third kappa shape index (κ3) is 3.97. The zero-order valence-electron chi connectivity index (χ0n) is 11.1. The van der Waals surface area contributed by atoms with Crippen molar-refractivity contribution in [2.45, 2.75) is 46.6 Å². The highest BCUT2D eigenvalue weighted by molar-refractivity contribution is 5.28. The Balaban J connectivity index is 2.46. The Hall–Kier alpha value is -0.820. The van der Waals surface area contributed by atoms with Crippen molar-refractivity contribution >= 4 is 0 Å². The van der Waals surface area contributed by atoms with Crippen LogP contribution in [0.25, 0.3) is 0 Å². The highest BCUT2D eigenvalue weighted by Crippen LogP contribution is 2.17. The Morgan fingerprint density at radius 2 is 1.88 bits per heavy atom. The maximum absolute atomic E-state index is 3.62. The molecule has 0 aliphatic rings. The van der Waals surface area contributed by atoms with Crippen LogP contribution in [0, 0.1) is 12.8 Å². The summed E-state index contributed by atoms with van der Waals surface area (Å²) in [4.78, 5) is 0. The van der Waals surface area contributed by atoms with E-state index < -0.39 is 0 Å². The van der Waals surface area contributed by atoms with Gasteiger partial charge in [-0.05, 0) is 43.9 Å². The normalized spacial score (nSPS) is 14.8. The summed E-state index contributed by atoms with van der Waals surface area (Å²) in [5.74, 6) is 0.775. The molecule has 1 nitrogen and oxygen atoms in total. The zero-order chi connectivity index (χ0) is 12.0. The monoisotopic (exact) mass is 219 g/mol. The van der Waals surface area contributed by atoms with Crippen molar-refractivity contribution < 1.29 is 0 Å². The van der Waals surface area contributed by atoms with Gasteiger partial charge < -0.3 is 5.32 Å². The minimum absolute atomic E-state index is 0.459. The molecule has 2 atom stereocenters. The molecule has 0 aromatic heterocycles. The van der Waals surface area contributed by atoms with Crippen LogP contribution in [0.1, 0.15) is 50.8 Å². The van der Waals surface area contributed by atoms with E-state index in [1.54, 1.807) is 0 Å². The van der Waals surface area contributed by atoms with Gasteiger partial charge >= 0.3 is 0 Å². The van der Waals surface area contributed by atoms with Crippen molar-refractivity contribution in [1.82, 2.24) is 5.32 Å². The van der Waals surface area contributed by atoms with Crippen molar-refractivity contribution in [3.63, 3.8) is 0 Å². The third-order valence-corrected chi connectivity index (χ3v) is 3.21. The van der Waals surface area contributed by atoms with Crippen LogP contribution in [-0.2, 0) is 0 Å². The second kappa shape index (κ2) is 6.70. The summed E-state index contributed by atoms with van der Waals surface area (Å²) in [7, 11) is 0. The summed E-state index contributed by atoms with van der Waals surface area (Å²) in [6.45, 7) is 10.1. The summed E-state index contributed by atoms with van der Waals surface area (Å²) in [5.41, 5.74) is 2.80. The molecule has 1 aromatic carbocycles. The predicted molar refractivity (Wildman–Crippen MR) is 71.7 cm³/mol. The van der Waals surface area contributed by atoms with Gasteiger partial charge in [-0.1, -0.05) is 44.5 Å². The molecule has 1 heteroatoms. The molecule has 16 heavy (non-hydrogen) atoms. The Morgan fingerprint density at radius 3 is 2.50 bits per heavy atom. The van der Waals surface area contributed by atoms with E-state index in [4.69, 9.17) is 0 Å². The molecule has 90 valence electrons. The van der Waals surface area contributed by atoms with Crippen LogP contribution < -0.4 is 5.32 Å². The van der Waals surface area contributed by atoms with Gasteiger partial charge in [0.05, 0.1) is 0 Å². The van der Waals surface area contributed by atoms with Gasteiger partial charge in [-0.15, -0.1) is 0 Å². The summed E-state index contributed by atoms with van der Waals surface area (Å²) in [6.07, 6.45) is 2.59. The fraction of sp³-hybridized carbons (Fsp3) is 0.600. The van der Waals surface area contributed by atoms with E-state index in [1.165, 1.54) is 24.0 Å². The molecular formula is C15H25N. The first-order valence-electron chi connectivity index (χ1n) is 6.44. The number of hydrogen-bond donors (Lipinski definition) is 1. The Labute approximate surface area is 100 Å². The van der Waals surface area contributed by atoms with Gasteiger partial charge in [0, 0.05) is 6.04 Å². The second-order valence-electron chi connectivity index (χ2n) is 4.88. The molecule has 0 amide bonds. The van der Waals surface area contributed by atoms with Gasteiger partial charge in [-0.2, -0.15) is 0 Å². The number of rotatable bonds is 6. The zero-order valence-corrected chi connectivity index (χ0v) is 11.1. The fourth-order valence-electron chi connectivity index (χ4n) is 2.16. The number of aryl methyl sites for hydroxylation is 1. The van der Waals surface area contributed by atoms with Crippen molar-refractivity contribution in [1.29, 1.82) is 0 Å². The van der Waals surface area contributed by atoms with Crippen LogP contribution >= 0.6 is 0 Å². The molecule has 0 fully saturated rings. The van der Waals surface area contributed by atoms with E-state index >= 15 is 0 Å². The third-order valence-electron chi connectivity index (χ3n) is 3.21. The van der Waals surface area contributed by atoms with Crippen molar-refractivity contribution in [2.24, 2.45) is 5.92 Å². The lowest BCUT2D eigenvalue weighted by molar-refractivity contribution is 0.443. The molecular weight excluding hydrogens is 194 g/mol.